The first-order valence-corrected chi connectivity index (χ1v) is 12.6. The summed E-state index contributed by atoms with van der Waals surface area (Å²) >= 11 is 0. The number of amides is 2. The first-order valence-electron chi connectivity index (χ1n) is 12.6. The van der Waals surface area contributed by atoms with Crippen LogP contribution in [0.5, 0.6) is 5.75 Å². The van der Waals surface area contributed by atoms with Gasteiger partial charge in [0.2, 0.25) is 11.8 Å². The van der Waals surface area contributed by atoms with Crippen molar-refractivity contribution in [3.63, 3.8) is 0 Å². The fourth-order valence-corrected chi connectivity index (χ4v) is 5.75. The Labute approximate surface area is 206 Å². The van der Waals surface area contributed by atoms with E-state index in [1.165, 1.54) is 0 Å². The average Bonchev–Trinajstić information content (AvgIpc) is 3.26. The summed E-state index contributed by atoms with van der Waals surface area (Å²) in [4.78, 5) is 37.0. The molecule has 1 fully saturated rings. The Hall–Kier alpha value is -3.32. The van der Waals surface area contributed by atoms with Crippen molar-refractivity contribution in [1.29, 1.82) is 0 Å². The van der Waals surface area contributed by atoms with E-state index in [0.29, 0.717) is 18.7 Å². The van der Waals surface area contributed by atoms with Gasteiger partial charge in [0.15, 0.2) is 0 Å². The molecule has 2 unspecified atom stereocenters. The maximum atomic E-state index is 13.8. The molecule has 3 aromatic rings. The summed E-state index contributed by atoms with van der Waals surface area (Å²) < 4.78 is 5.70. The second-order valence-corrected chi connectivity index (χ2v) is 9.37. The minimum Gasteiger partial charge on any atom is -0.496 e. The summed E-state index contributed by atoms with van der Waals surface area (Å²) in [6, 6.07) is 15.0. The Balaban J connectivity index is 1.54. The fourth-order valence-electron chi connectivity index (χ4n) is 5.75. The standard InChI is InChI=1S/C28H34N4O3/c1-4-30(5-2)15-10-16-31-18-25(33)32-23(28(31)34)17-21-19-11-6-8-13-22(19)29-26(21)27(32)20-12-7-9-14-24(20)35-3/h6-9,11-14,23,27,29H,4-5,10,15-18H2,1-3H3. The lowest BCUT2D eigenvalue weighted by Gasteiger charge is -2.47. The second kappa shape index (κ2) is 9.74. The number of carbonyl (C=O) groups is 2. The van der Waals surface area contributed by atoms with Crippen LogP contribution in [0.1, 0.15) is 43.1 Å². The molecule has 2 aromatic carbocycles. The molecule has 0 bridgehead atoms. The normalized spacial score (nSPS) is 19.9. The van der Waals surface area contributed by atoms with Crippen molar-refractivity contribution in [2.45, 2.75) is 38.8 Å². The number of aromatic amines is 1. The Kier molecular flexibility index (Phi) is 6.52. The highest BCUT2D eigenvalue weighted by atomic mass is 16.5. The number of nitrogens with zero attached hydrogens (tertiary/aromatic N) is 3. The number of hydrogen-bond donors (Lipinski definition) is 1. The highest BCUT2D eigenvalue weighted by molar-refractivity contribution is 5.97. The van der Waals surface area contributed by atoms with Gasteiger partial charge in [-0.25, -0.2) is 0 Å². The van der Waals surface area contributed by atoms with Gasteiger partial charge in [-0.05, 0) is 43.8 Å². The van der Waals surface area contributed by atoms with Gasteiger partial charge >= 0.3 is 0 Å². The van der Waals surface area contributed by atoms with E-state index in [9.17, 15) is 9.59 Å². The molecule has 1 aromatic heterocycles. The summed E-state index contributed by atoms with van der Waals surface area (Å²) in [6.07, 6.45) is 1.38. The van der Waals surface area contributed by atoms with Crippen LogP contribution in [-0.2, 0) is 16.0 Å². The lowest BCUT2D eigenvalue weighted by Crippen LogP contribution is -2.63. The predicted molar refractivity (Wildman–Crippen MR) is 136 cm³/mol. The van der Waals surface area contributed by atoms with Crippen molar-refractivity contribution in [3.8, 4) is 5.75 Å². The van der Waals surface area contributed by atoms with Gasteiger partial charge in [-0.2, -0.15) is 0 Å². The third-order valence-electron chi connectivity index (χ3n) is 7.57. The van der Waals surface area contributed by atoms with E-state index in [0.717, 1.165) is 53.8 Å². The van der Waals surface area contributed by atoms with Crippen LogP contribution in [0.2, 0.25) is 0 Å². The van der Waals surface area contributed by atoms with Crippen LogP contribution in [0.4, 0.5) is 0 Å². The van der Waals surface area contributed by atoms with E-state index in [2.05, 4.69) is 35.9 Å². The van der Waals surface area contributed by atoms with Crippen LogP contribution < -0.4 is 4.74 Å². The molecule has 35 heavy (non-hydrogen) atoms. The number of fused-ring (bicyclic) bond motifs is 4. The molecule has 1 N–H and O–H groups in total. The third kappa shape index (κ3) is 4.08. The number of H-pyrrole nitrogens is 1. The number of nitrogens with one attached hydrogen (secondary N) is 1. The van der Waals surface area contributed by atoms with Gasteiger partial charge < -0.3 is 24.4 Å². The largest absolute Gasteiger partial charge is 0.496 e. The van der Waals surface area contributed by atoms with Gasteiger partial charge in [0, 0.05) is 35.1 Å². The molecule has 184 valence electrons. The van der Waals surface area contributed by atoms with Crippen LogP contribution in [-0.4, -0.2) is 77.4 Å². The maximum Gasteiger partial charge on any atom is 0.246 e. The summed E-state index contributed by atoms with van der Waals surface area (Å²) in [5, 5.41) is 1.11. The summed E-state index contributed by atoms with van der Waals surface area (Å²) in [7, 11) is 1.64. The summed E-state index contributed by atoms with van der Waals surface area (Å²) in [6.45, 7) is 7.93. The van der Waals surface area contributed by atoms with Crippen LogP contribution in [0, 0.1) is 0 Å². The van der Waals surface area contributed by atoms with E-state index in [1.807, 2.05) is 36.4 Å². The molecular formula is C28H34N4O3. The van der Waals surface area contributed by atoms with Gasteiger partial charge in [-0.1, -0.05) is 50.2 Å². The van der Waals surface area contributed by atoms with E-state index in [1.54, 1.807) is 16.9 Å². The molecule has 0 aliphatic carbocycles. The number of aromatic nitrogens is 1. The van der Waals surface area contributed by atoms with Gasteiger partial charge in [0.1, 0.15) is 17.8 Å². The number of methoxy groups -OCH3 is 1. The molecule has 2 atom stereocenters. The van der Waals surface area contributed by atoms with E-state index < -0.39 is 12.1 Å². The van der Waals surface area contributed by atoms with Crippen LogP contribution in [0.25, 0.3) is 10.9 Å². The molecule has 0 spiro atoms. The zero-order chi connectivity index (χ0) is 24.5. The lowest BCUT2D eigenvalue weighted by atomic mass is 9.86. The summed E-state index contributed by atoms with van der Waals surface area (Å²) in [5.74, 6) is 0.738. The quantitative estimate of drug-likeness (QED) is 0.542. The smallest absolute Gasteiger partial charge is 0.246 e. The number of hydrogen-bond acceptors (Lipinski definition) is 4. The molecule has 3 heterocycles. The van der Waals surface area contributed by atoms with Crippen LogP contribution in [0.3, 0.4) is 0 Å². The molecule has 0 saturated carbocycles. The predicted octanol–water partition coefficient (Wildman–Crippen LogP) is 3.59. The number of rotatable bonds is 8. The fraction of sp³-hybridized carbons (Fsp3) is 0.429. The first-order chi connectivity index (χ1) is 17.1. The van der Waals surface area contributed by atoms with Gasteiger partial charge in [0.25, 0.3) is 0 Å². The number of para-hydroxylation sites is 2. The topological polar surface area (TPSA) is 68.9 Å². The zero-order valence-corrected chi connectivity index (χ0v) is 20.8. The van der Waals surface area contributed by atoms with Gasteiger partial charge in [-0.3, -0.25) is 9.59 Å². The SMILES string of the molecule is CCN(CC)CCCN1CC(=O)N2C(Cc3c([nH]c4ccccc34)C2c2ccccc2OC)C1=O. The highest BCUT2D eigenvalue weighted by Gasteiger charge is 2.48. The minimum atomic E-state index is -0.522. The molecular weight excluding hydrogens is 440 g/mol. The van der Waals surface area contributed by atoms with Crippen LogP contribution in [0.15, 0.2) is 48.5 Å². The van der Waals surface area contributed by atoms with E-state index in [4.69, 9.17) is 4.74 Å². The van der Waals surface area contributed by atoms with Crippen molar-refractivity contribution in [2.24, 2.45) is 0 Å². The molecule has 7 heteroatoms. The Morgan fingerprint density at radius 1 is 1.06 bits per heavy atom. The minimum absolute atomic E-state index is 0.0161. The van der Waals surface area contributed by atoms with Crippen LogP contribution >= 0.6 is 0 Å². The molecule has 2 aliphatic rings. The third-order valence-corrected chi connectivity index (χ3v) is 7.57. The number of ether oxygens (including phenoxy) is 1. The molecule has 7 nitrogen and oxygen atoms in total. The van der Waals surface area contributed by atoms with Gasteiger partial charge in [-0.15, -0.1) is 0 Å². The van der Waals surface area contributed by atoms with Crippen molar-refractivity contribution in [2.75, 3.05) is 39.8 Å². The molecule has 0 radical (unpaired) electrons. The first kappa shape index (κ1) is 23.4. The van der Waals surface area contributed by atoms with Gasteiger partial charge in [0.05, 0.1) is 13.7 Å². The zero-order valence-electron chi connectivity index (χ0n) is 20.8. The lowest BCUT2D eigenvalue weighted by molar-refractivity contribution is -0.158. The molecule has 5 rings (SSSR count). The van der Waals surface area contributed by atoms with E-state index >= 15 is 0 Å². The summed E-state index contributed by atoms with van der Waals surface area (Å²) in [5.41, 5.74) is 4.00. The van der Waals surface area contributed by atoms with Crippen molar-refractivity contribution in [3.05, 3.63) is 65.4 Å². The van der Waals surface area contributed by atoms with E-state index in [-0.39, 0.29) is 18.4 Å². The second-order valence-electron chi connectivity index (χ2n) is 9.37. The Morgan fingerprint density at radius 3 is 2.57 bits per heavy atom. The number of benzene rings is 2. The monoisotopic (exact) mass is 474 g/mol. The molecule has 1 saturated heterocycles. The number of piperazine rings is 1. The van der Waals surface area contributed by atoms with Crippen molar-refractivity contribution < 1.29 is 14.3 Å². The molecule has 2 amide bonds. The van der Waals surface area contributed by atoms with Crippen molar-refractivity contribution >= 4 is 22.7 Å². The Morgan fingerprint density at radius 2 is 1.80 bits per heavy atom. The number of carbonyl (C=O) groups excluding carboxylic acids is 2. The molecule has 2 aliphatic heterocycles. The average molecular weight is 475 g/mol. The van der Waals surface area contributed by atoms with Crippen molar-refractivity contribution in [1.82, 2.24) is 19.7 Å². The Bertz CT molecular complexity index is 1230. The highest BCUT2D eigenvalue weighted by Crippen LogP contribution is 2.44. The maximum absolute atomic E-state index is 13.8.